The van der Waals surface area contributed by atoms with Gasteiger partial charge in [-0.2, -0.15) is 0 Å². The van der Waals surface area contributed by atoms with Gasteiger partial charge in [-0.3, -0.25) is 4.79 Å². The molecule has 3 nitrogen and oxygen atoms in total. The maximum absolute atomic E-state index is 11.0. The number of fused-ring (bicyclic) bond motifs is 3. The minimum atomic E-state index is 0.0689. The lowest BCUT2D eigenvalue weighted by molar-refractivity contribution is -0.118. The van der Waals surface area contributed by atoms with Crippen molar-refractivity contribution in [2.45, 2.75) is 51.4 Å². The molecule has 1 atom stereocenters. The topological polar surface area (TPSA) is 38.3 Å². The first-order chi connectivity index (χ1) is 9.75. The molecule has 0 unspecified atom stereocenters. The second-order valence-electron chi connectivity index (χ2n) is 5.93. The maximum Gasteiger partial charge on any atom is 0.216 e. The van der Waals surface area contributed by atoms with Gasteiger partial charge in [-0.15, -0.1) is 0 Å². The van der Waals surface area contributed by atoms with E-state index in [1.165, 1.54) is 30.4 Å². The molecule has 3 rings (SSSR count). The van der Waals surface area contributed by atoms with E-state index in [1.807, 2.05) is 0 Å². The first-order valence-corrected chi connectivity index (χ1v) is 7.77. The number of ether oxygens (including phenoxy) is 1. The highest BCUT2D eigenvalue weighted by atomic mass is 16.5. The number of hydrogen-bond acceptors (Lipinski definition) is 2. The monoisotopic (exact) mass is 273 g/mol. The van der Waals surface area contributed by atoms with E-state index in [1.54, 1.807) is 12.5 Å². The highest BCUT2D eigenvalue weighted by Crippen LogP contribution is 2.41. The SMILES string of the molecule is CC(=O)NCC[C@H]1CCCc2ccc3c(c21)CCCO3. The van der Waals surface area contributed by atoms with Gasteiger partial charge >= 0.3 is 0 Å². The molecule has 1 N–H and O–H groups in total. The van der Waals surface area contributed by atoms with Crippen LogP contribution in [0, 0.1) is 0 Å². The van der Waals surface area contributed by atoms with Gasteiger partial charge in [0.15, 0.2) is 0 Å². The molecular formula is C17H23NO2. The third-order valence-electron chi connectivity index (χ3n) is 4.51. The summed E-state index contributed by atoms with van der Waals surface area (Å²) >= 11 is 0. The lowest BCUT2D eigenvalue weighted by Gasteiger charge is -2.31. The average molecular weight is 273 g/mol. The normalized spacial score (nSPS) is 20.6. The van der Waals surface area contributed by atoms with Crippen LogP contribution in [0.5, 0.6) is 5.75 Å². The predicted molar refractivity (Wildman–Crippen MR) is 79.2 cm³/mol. The van der Waals surface area contributed by atoms with Crippen LogP contribution in [0.3, 0.4) is 0 Å². The minimum absolute atomic E-state index is 0.0689. The summed E-state index contributed by atoms with van der Waals surface area (Å²) in [5.74, 6) is 1.75. The Morgan fingerprint density at radius 1 is 1.35 bits per heavy atom. The van der Waals surface area contributed by atoms with E-state index in [2.05, 4.69) is 17.4 Å². The van der Waals surface area contributed by atoms with Crippen LogP contribution in [0.1, 0.15) is 55.2 Å². The van der Waals surface area contributed by atoms with Crippen LogP contribution in [0.4, 0.5) is 0 Å². The largest absolute Gasteiger partial charge is 0.493 e. The van der Waals surface area contributed by atoms with E-state index in [9.17, 15) is 4.79 Å². The van der Waals surface area contributed by atoms with E-state index >= 15 is 0 Å². The van der Waals surface area contributed by atoms with Gasteiger partial charge in [0.25, 0.3) is 0 Å². The van der Waals surface area contributed by atoms with Crippen LogP contribution in [-0.2, 0) is 17.6 Å². The molecule has 0 bridgehead atoms. The summed E-state index contributed by atoms with van der Waals surface area (Å²) in [5.41, 5.74) is 4.49. The molecule has 1 aliphatic carbocycles. The van der Waals surface area contributed by atoms with E-state index in [0.717, 1.165) is 38.2 Å². The Kier molecular flexibility index (Phi) is 3.95. The van der Waals surface area contributed by atoms with Gasteiger partial charge in [0, 0.05) is 13.5 Å². The van der Waals surface area contributed by atoms with Crippen molar-refractivity contribution in [1.29, 1.82) is 0 Å². The van der Waals surface area contributed by atoms with Crippen LogP contribution < -0.4 is 10.1 Å². The fourth-order valence-electron chi connectivity index (χ4n) is 3.64. The van der Waals surface area contributed by atoms with Crippen LogP contribution in [0.2, 0.25) is 0 Å². The molecule has 0 spiro atoms. The summed E-state index contributed by atoms with van der Waals surface area (Å²) in [4.78, 5) is 11.0. The molecule has 2 aliphatic rings. The lowest BCUT2D eigenvalue weighted by atomic mass is 9.77. The average Bonchev–Trinajstić information content (AvgIpc) is 2.46. The zero-order valence-corrected chi connectivity index (χ0v) is 12.2. The van der Waals surface area contributed by atoms with Crippen molar-refractivity contribution in [2.24, 2.45) is 0 Å². The first kappa shape index (κ1) is 13.5. The highest BCUT2D eigenvalue weighted by molar-refractivity contribution is 5.72. The molecule has 108 valence electrons. The number of aryl methyl sites for hydroxylation is 1. The molecule has 1 aromatic rings. The highest BCUT2D eigenvalue weighted by Gasteiger charge is 2.26. The molecule has 0 aromatic heterocycles. The molecule has 1 heterocycles. The van der Waals surface area contributed by atoms with Crippen LogP contribution in [-0.4, -0.2) is 19.1 Å². The molecule has 0 fully saturated rings. The van der Waals surface area contributed by atoms with Gasteiger partial charge in [0.1, 0.15) is 5.75 Å². The molecule has 1 amide bonds. The number of carbonyl (C=O) groups is 1. The molecule has 20 heavy (non-hydrogen) atoms. The number of carbonyl (C=O) groups excluding carboxylic acids is 1. The Morgan fingerprint density at radius 2 is 2.25 bits per heavy atom. The van der Waals surface area contributed by atoms with E-state index in [-0.39, 0.29) is 5.91 Å². The van der Waals surface area contributed by atoms with Crippen LogP contribution >= 0.6 is 0 Å². The molecule has 1 aliphatic heterocycles. The summed E-state index contributed by atoms with van der Waals surface area (Å²) in [5, 5.41) is 2.93. The van der Waals surface area contributed by atoms with E-state index in [4.69, 9.17) is 4.74 Å². The fourth-order valence-corrected chi connectivity index (χ4v) is 3.64. The maximum atomic E-state index is 11.0. The minimum Gasteiger partial charge on any atom is -0.493 e. The summed E-state index contributed by atoms with van der Waals surface area (Å²) in [6.45, 7) is 3.22. The third kappa shape index (κ3) is 2.67. The zero-order chi connectivity index (χ0) is 13.9. The second-order valence-corrected chi connectivity index (χ2v) is 5.93. The summed E-state index contributed by atoms with van der Waals surface area (Å²) < 4.78 is 5.81. The summed E-state index contributed by atoms with van der Waals surface area (Å²) in [7, 11) is 0. The van der Waals surface area contributed by atoms with Gasteiger partial charge in [-0.05, 0) is 67.2 Å². The van der Waals surface area contributed by atoms with Crippen molar-refractivity contribution in [1.82, 2.24) is 5.32 Å². The Balaban J connectivity index is 1.84. The van der Waals surface area contributed by atoms with Gasteiger partial charge < -0.3 is 10.1 Å². The number of amides is 1. The third-order valence-corrected chi connectivity index (χ3v) is 4.51. The van der Waals surface area contributed by atoms with Gasteiger partial charge in [0.2, 0.25) is 5.91 Å². The Bertz CT molecular complexity index is 510. The Labute approximate surface area is 120 Å². The lowest BCUT2D eigenvalue weighted by Crippen LogP contribution is -2.24. The molecule has 3 heteroatoms. The van der Waals surface area contributed by atoms with Crippen LogP contribution in [0.25, 0.3) is 0 Å². The smallest absolute Gasteiger partial charge is 0.216 e. The zero-order valence-electron chi connectivity index (χ0n) is 12.2. The number of benzene rings is 1. The van der Waals surface area contributed by atoms with Gasteiger partial charge in [-0.1, -0.05) is 6.07 Å². The molecule has 1 aromatic carbocycles. The first-order valence-electron chi connectivity index (χ1n) is 7.77. The van der Waals surface area contributed by atoms with Crippen molar-refractivity contribution in [3.8, 4) is 5.75 Å². The van der Waals surface area contributed by atoms with Crippen molar-refractivity contribution in [3.05, 3.63) is 28.8 Å². The predicted octanol–water partition coefficient (Wildman–Crippen LogP) is 2.96. The number of hydrogen-bond donors (Lipinski definition) is 1. The molecule has 0 saturated heterocycles. The van der Waals surface area contributed by atoms with E-state index < -0.39 is 0 Å². The van der Waals surface area contributed by atoms with Crippen molar-refractivity contribution >= 4 is 5.91 Å². The summed E-state index contributed by atoms with van der Waals surface area (Å²) in [6.07, 6.45) is 7.01. The molecule has 0 saturated carbocycles. The molecule has 0 radical (unpaired) electrons. The van der Waals surface area contributed by atoms with Crippen molar-refractivity contribution < 1.29 is 9.53 Å². The fraction of sp³-hybridized carbons (Fsp3) is 0.588. The number of nitrogens with one attached hydrogen (secondary N) is 1. The Morgan fingerprint density at radius 3 is 3.10 bits per heavy atom. The van der Waals surface area contributed by atoms with Gasteiger partial charge in [0.05, 0.1) is 6.61 Å². The molecular weight excluding hydrogens is 250 g/mol. The van der Waals surface area contributed by atoms with Gasteiger partial charge in [-0.25, -0.2) is 0 Å². The van der Waals surface area contributed by atoms with Crippen molar-refractivity contribution in [2.75, 3.05) is 13.2 Å². The van der Waals surface area contributed by atoms with Crippen LogP contribution in [0.15, 0.2) is 12.1 Å². The van der Waals surface area contributed by atoms with Crippen molar-refractivity contribution in [3.63, 3.8) is 0 Å². The standard InChI is InChI=1S/C17H23NO2/c1-12(19)18-10-9-14-5-2-4-13-7-8-16-15(17(13)14)6-3-11-20-16/h7-8,14H,2-6,9-11H2,1H3,(H,18,19)/t14-/m1/s1. The Hall–Kier alpha value is -1.51. The summed E-state index contributed by atoms with van der Waals surface area (Å²) in [6, 6.07) is 4.41. The quantitative estimate of drug-likeness (QED) is 0.919. The number of rotatable bonds is 3. The van der Waals surface area contributed by atoms with E-state index in [0.29, 0.717) is 5.92 Å². The second kappa shape index (κ2) is 5.86.